The fourth-order valence-electron chi connectivity index (χ4n) is 2.18. The number of anilines is 1. The van der Waals surface area contributed by atoms with Gasteiger partial charge in [0.25, 0.3) is 0 Å². The van der Waals surface area contributed by atoms with Crippen LogP contribution < -0.4 is 15.5 Å². The van der Waals surface area contributed by atoms with Gasteiger partial charge >= 0.3 is 0 Å². The fraction of sp³-hybridized carbons (Fsp3) is 0.250. The first-order valence-corrected chi connectivity index (χ1v) is 8.95. The Hall–Kier alpha value is -2.86. The summed E-state index contributed by atoms with van der Waals surface area (Å²) in [5.41, 5.74) is 3.68. The smallest absolute Gasteiger partial charge is 0.240 e. The van der Waals surface area contributed by atoms with E-state index in [0.717, 1.165) is 5.56 Å². The van der Waals surface area contributed by atoms with Crippen molar-refractivity contribution in [1.29, 1.82) is 0 Å². The lowest BCUT2D eigenvalue weighted by Crippen LogP contribution is -2.20. The fourth-order valence-corrected chi connectivity index (χ4v) is 2.36. The predicted molar refractivity (Wildman–Crippen MR) is 107 cm³/mol. The Bertz CT molecular complexity index is 822. The van der Waals surface area contributed by atoms with Crippen LogP contribution in [0.2, 0.25) is 5.02 Å². The SMILES string of the molecule is CC(C)Oc1ccccc1C=NNC(=O)CCC(=O)Nc1ccccc1Cl. The van der Waals surface area contributed by atoms with Gasteiger partial charge in [0, 0.05) is 18.4 Å². The van der Waals surface area contributed by atoms with Gasteiger partial charge in [0.1, 0.15) is 5.75 Å². The molecule has 2 N–H and O–H groups in total. The van der Waals surface area contributed by atoms with E-state index >= 15 is 0 Å². The Balaban J connectivity index is 1.80. The molecule has 0 aliphatic rings. The number of nitrogens with one attached hydrogen (secondary N) is 2. The van der Waals surface area contributed by atoms with Crippen LogP contribution in [0.4, 0.5) is 5.69 Å². The first kappa shape index (κ1) is 20.5. The average Bonchev–Trinajstić information content (AvgIpc) is 2.63. The molecule has 2 amide bonds. The lowest BCUT2D eigenvalue weighted by Gasteiger charge is -2.11. The van der Waals surface area contributed by atoms with E-state index in [4.69, 9.17) is 16.3 Å². The number of nitrogens with zero attached hydrogens (tertiary/aromatic N) is 1. The van der Waals surface area contributed by atoms with Crippen molar-refractivity contribution in [3.8, 4) is 5.75 Å². The van der Waals surface area contributed by atoms with Crippen LogP contribution in [0, 0.1) is 0 Å². The lowest BCUT2D eigenvalue weighted by atomic mass is 10.2. The van der Waals surface area contributed by atoms with E-state index < -0.39 is 0 Å². The zero-order valence-electron chi connectivity index (χ0n) is 15.2. The van der Waals surface area contributed by atoms with Crippen LogP contribution in [-0.4, -0.2) is 24.1 Å². The highest BCUT2D eigenvalue weighted by atomic mass is 35.5. The Labute approximate surface area is 163 Å². The van der Waals surface area contributed by atoms with Crippen LogP contribution >= 0.6 is 11.6 Å². The molecule has 2 rings (SSSR count). The number of carbonyl (C=O) groups is 2. The van der Waals surface area contributed by atoms with E-state index in [-0.39, 0.29) is 30.8 Å². The molecule has 0 radical (unpaired) electrons. The van der Waals surface area contributed by atoms with Gasteiger partial charge in [0.15, 0.2) is 0 Å². The number of carbonyl (C=O) groups excluding carboxylic acids is 2. The van der Waals surface area contributed by atoms with Gasteiger partial charge in [-0.15, -0.1) is 0 Å². The van der Waals surface area contributed by atoms with Gasteiger partial charge in [-0.3, -0.25) is 9.59 Å². The summed E-state index contributed by atoms with van der Waals surface area (Å²) < 4.78 is 5.68. The molecule has 0 fully saturated rings. The van der Waals surface area contributed by atoms with Crippen molar-refractivity contribution < 1.29 is 14.3 Å². The minimum atomic E-state index is -0.359. The van der Waals surface area contributed by atoms with Crippen LogP contribution in [0.3, 0.4) is 0 Å². The van der Waals surface area contributed by atoms with E-state index in [1.54, 1.807) is 24.3 Å². The van der Waals surface area contributed by atoms with Crippen LogP contribution in [-0.2, 0) is 9.59 Å². The molecule has 2 aromatic carbocycles. The molecule has 7 heteroatoms. The molecular formula is C20H22ClN3O3. The molecule has 27 heavy (non-hydrogen) atoms. The standard InChI is InChI=1S/C20H22ClN3O3/c1-14(2)27-18-10-6-3-7-15(18)13-22-24-20(26)12-11-19(25)23-17-9-5-4-8-16(17)21/h3-10,13-14H,11-12H2,1-2H3,(H,23,25)(H,24,26). The quantitative estimate of drug-likeness (QED) is 0.530. The minimum absolute atomic E-state index is 0.0117. The molecule has 0 saturated carbocycles. The Morgan fingerprint density at radius 2 is 1.74 bits per heavy atom. The third-order valence-electron chi connectivity index (χ3n) is 3.40. The van der Waals surface area contributed by atoms with Gasteiger partial charge in [-0.05, 0) is 38.1 Å². The molecule has 0 bridgehead atoms. The maximum atomic E-state index is 11.9. The van der Waals surface area contributed by atoms with Crippen molar-refractivity contribution in [2.75, 3.05) is 5.32 Å². The van der Waals surface area contributed by atoms with Gasteiger partial charge in [-0.1, -0.05) is 35.9 Å². The highest BCUT2D eigenvalue weighted by Gasteiger charge is 2.08. The van der Waals surface area contributed by atoms with Gasteiger partial charge in [0.05, 0.1) is 23.0 Å². The topological polar surface area (TPSA) is 79.8 Å². The number of halogens is 1. The average molecular weight is 388 g/mol. The zero-order valence-corrected chi connectivity index (χ0v) is 16.0. The monoisotopic (exact) mass is 387 g/mol. The molecule has 142 valence electrons. The molecular weight excluding hydrogens is 366 g/mol. The number of hydrazone groups is 1. The Kier molecular flexibility index (Phi) is 7.82. The highest BCUT2D eigenvalue weighted by molar-refractivity contribution is 6.33. The predicted octanol–water partition coefficient (Wildman–Crippen LogP) is 4.00. The van der Waals surface area contributed by atoms with Gasteiger partial charge < -0.3 is 10.1 Å². The summed E-state index contributed by atoms with van der Waals surface area (Å²) in [4.78, 5) is 23.8. The minimum Gasteiger partial charge on any atom is -0.490 e. The normalized spacial score (nSPS) is 10.8. The third-order valence-corrected chi connectivity index (χ3v) is 3.73. The van der Waals surface area contributed by atoms with E-state index in [1.165, 1.54) is 6.21 Å². The van der Waals surface area contributed by atoms with Crippen molar-refractivity contribution >= 4 is 35.3 Å². The summed E-state index contributed by atoms with van der Waals surface area (Å²) >= 11 is 5.98. The van der Waals surface area contributed by atoms with Crippen LogP contribution in [0.5, 0.6) is 5.75 Å². The summed E-state index contributed by atoms with van der Waals surface area (Å²) in [7, 11) is 0. The summed E-state index contributed by atoms with van der Waals surface area (Å²) in [6.07, 6.45) is 1.59. The molecule has 6 nitrogen and oxygen atoms in total. The largest absolute Gasteiger partial charge is 0.490 e. The van der Waals surface area contributed by atoms with Crippen LogP contribution in [0.15, 0.2) is 53.6 Å². The molecule has 0 aromatic heterocycles. The third kappa shape index (κ3) is 7.11. The molecule has 0 spiro atoms. The molecule has 0 aliphatic heterocycles. The van der Waals surface area contributed by atoms with Crippen molar-refractivity contribution in [1.82, 2.24) is 5.43 Å². The number of ether oxygens (including phenoxy) is 1. The number of benzene rings is 2. The lowest BCUT2D eigenvalue weighted by molar-refractivity contribution is -0.124. The summed E-state index contributed by atoms with van der Waals surface area (Å²) in [5.74, 6) is 0.0327. The number of para-hydroxylation sites is 2. The van der Waals surface area contributed by atoms with Gasteiger partial charge in [0.2, 0.25) is 11.8 Å². The molecule has 2 aromatic rings. The summed E-state index contributed by atoms with van der Waals surface area (Å²) in [6, 6.07) is 14.3. The van der Waals surface area contributed by atoms with Gasteiger partial charge in [-0.25, -0.2) is 5.43 Å². The molecule has 0 saturated heterocycles. The van der Waals surface area contributed by atoms with Crippen LogP contribution in [0.1, 0.15) is 32.3 Å². The molecule has 0 unspecified atom stereocenters. The summed E-state index contributed by atoms with van der Waals surface area (Å²) in [5, 5.41) is 7.04. The molecule has 0 heterocycles. The molecule has 0 atom stereocenters. The van der Waals surface area contributed by atoms with Crippen molar-refractivity contribution in [3.63, 3.8) is 0 Å². The Morgan fingerprint density at radius 1 is 1.07 bits per heavy atom. The maximum absolute atomic E-state index is 11.9. The second-order valence-electron chi connectivity index (χ2n) is 6.03. The van der Waals surface area contributed by atoms with E-state index in [1.807, 2.05) is 38.1 Å². The van der Waals surface area contributed by atoms with Crippen LogP contribution in [0.25, 0.3) is 0 Å². The first-order valence-electron chi connectivity index (χ1n) is 8.57. The van der Waals surface area contributed by atoms with E-state index in [9.17, 15) is 9.59 Å². The van der Waals surface area contributed by atoms with Crippen molar-refractivity contribution in [3.05, 3.63) is 59.1 Å². The number of hydrogen-bond acceptors (Lipinski definition) is 4. The zero-order chi connectivity index (χ0) is 19.6. The maximum Gasteiger partial charge on any atom is 0.240 e. The number of amides is 2. The summed E-state index contributed by atoms with van der Waals surface area (Å²) in [6.45, 7) is 3.87. The second kappa shape index (κ2) is 10.3. The van der Waals surface area contributed by atoms with Crippen molar-refractivity contribution in [2.45, 2.75) is 32.8 Å². The van der Waals surface area contributed by atoms with Crippen molar-refractivity contribution in [2.24, 2.45) is 5.10 Å². The number of rotatable bonds is 8. The highest BCUT2D eigenvalue weighted by Crippen LogP contribution is 2.20. The Morgan fingerprint density at radius 3 is 2.48 bits per heavy atom. The van der Waals surface area contributed by atoms with E-state index in [0.29, 0.717) is 16.5 Å². The number of hydrogen-bond donors (Lipinski definition) is 2. The first-order chi connectivity index (χ1) is 13.0. The van der Waals surface area contributed by atoms with Gasteiger partial charge in [-0.2, -0.15) is 5.10 Å². The second-order valence-corrected chi connectivity index (χ2v) is 6.43. The molecule has 0 aliphatic carbocycles. The van der Waals surface area contributed by atoms with E-state index in [2.05, 4.69) is 15.8 Å².